The molecule has 0 aromatic carbocycles. The molecule has 0 bridgehead atoms. The van der Waals surface area contributed by atoms with E-state index in [1.807, 2.05) is 0 Å². The van der Waals surface area contributed by atoms with Gasteiger partial charge in [0.25, 0.3) is 0 Å². The Bertz CT molecular complexity index is 235. The van der Waals surface area contributed by atoms with Crippen LogP contribution in [0.5, 0.6) is 0 Å². The van der Waals surface area contributed by atoms with Crippen LogP contribution in [0, 0.1) is 0 Å². The molecule has 1 heterocycles. The molecule has 1 saturated heterocycles. The van der Waals surface area contributed by atoms with Gasteiger partial charge < -0.3 is 5.32 Å². The molecule has 0 radical (unpaired) electrons. The first-order chi connectivity index (χ1) is 8.85. The van der Waals surface area contributed by atoms with Crippen LogP contribution in [0.15, 0.2) is 0 Å². The Kier molecular flexibility index (Phi) is 6.33. The van der Waals surface area contributed by atoms with E-state index in [0.29, 0.717) is 0 Å². The fraction of sp³-hybridized carbons (Fsp3) is 1.00. The summed E-state index contributed by atoms with van der Waals surface area (Å²) in [7, 11) is 0. The highest BCUT2D eigenvalue weighted by atomic mass is 32.2. The van der Waals surface area contributed by atoms with Gasteiger partial charge in [0.1, 0.15) is 0 Å². The molecule has 1 N–H and O–H groups in total. The number of thioether (sulfide) groups is 1. The van der Waals surface area contributed by atoms with Crippen molar-refractivity contribution >= 4 is 11.8 Å². The van der Waals surface area contributed by atoms with Gasteiger partial charge in [-0.1, -0.05) is 26.2 Å². The Morgan fingerprint density at radius 1 is 1.22 bits per heavy atom. The molecule has 0 aromatic rings. The zero-order chi connectivity index (χ0) is 12.8. The molecule has 106 valence electrons. The van der Waals surface area contributed by atoms with Crippen LogP contribution in [0.2, 0.25) is 0 Å². The molecule has 0 amide bonds. The third-order valence-corrected chi connectivity index (χ3v) is 5.74. The molecule has 2 nitrogen and oxygen atoms in total. The summed E-state index contributed by atoms with van der Waals surface area (Å²) < 4.78 is 0. The van der Waals surface area contributed by atoms with Crippen molar-refractivity contribution in [2.75, 3.05) is 25.9 Å². The lowest BCUT2D eigenvalue weighted by atomic mass is 9.93. The van der Waals surface area contributed by atoms with Crippen molar-refractivity contribution in [3.05, 3.63) is 0 Å². The predicted octanol–water partition coefficient (Wildman–Crippen LogP) is 3.12. The summed E-state index contributed by atoms with van der Waals surface area (Å²) >= 11 is 2.11. The first-order valence-electron chi connectivity index (χ1n) is 7.85. The van der Waals surface area contributed by atoms with Crippen molar-refractivity contribution in [2.45, 2.75) is 69.2 Å². The molecule has 1 aliphatic heterocycles. The van der Waals surface area contributed by atoms with Crippen molar-refractivity contribution in [1.82, 2.24) is 10.2 Å². The predicted molar refractivity (Wildman–Crippen MR) is 82.4 cm³/mol. The van der Waals surface area contributed by atoms with Crippen LogP contribution in [0.1, 0.15) is 51.9 Å². The highest BCUT2D eigenvalue weighted by Gasteiger charge is 2.31. The molecule has 3 atom stereocenters. The van der Waals surface area contributed by atoms with Crippen molar-refractivity contribution in [1.29, 1.82) is 0 Å². The van der Waals surface area contributed by atoms with Crippen molar-refractivity contribution < 1.29 is 0 Å². The van der Waals surface area contributed by atoms with E-state index in [2.05, 4.69) is 35.2 Å². The smallest absolute Gasteiger partial charge is 0.0215 e. The normalized spacial score (nSPS) is 35.3. The summed E-state index contributed by atoms with van der Waals surface area (Å²) in [4.78, 5) is 2.82. The van der Waals surface area contributed by atoms with E-state index in [4.69, 9.17) is 0 Å². The van der Waals surface area contributed by atoms with E-state index in [9.17, 15) is 0 Å². The Labute approximate surface area is 117 Å². The maximum Gasteiger partial charge on any atom is 0.0215 e. The van der Waals surface area contributed by atoms with E-state index in [1.54, 1.807) is 0 Å². The number of rotatable bonds is 4. The molecule has 18 heavy (non-hydrogen) atoms. The van der Waals surface area contributed by atoms with Crippen molar-refractivity contribution in [2.24, 2.45) is 0 Å². The topological polar surface area (TPSA) is 15.3 Å². The van der Waals surface area contributed by atoms with Gasteiger partial charge in [-0.2, -0.15) is 11.8 Å². The largest absolute Gasteiger partial charge is 0.313 e. The molecule has 1 aliphatic carbocycles. The van der Waals surface area contributed by atoms with E-state index in [1.165, 1.54) is 64.6 Å². The number of nitrogens with zero attached hydrogens (tertiary/aromatic N) is 1. The molecule has 2 aliphatic rings. The fourth-order valence-electron chi connectivity index (χ4n) is 3.64. The average Bonchev–Trinajstić information content (AvgIpc) is 2.65. The Hall–Kier alpha value is 0.270. The van der Waals surface area contributed by atoms with Gasteiger partial charge in [-0.05, 0) is 45.0 Å². The van der Waals surface area contributed by atoms with Crippen LogP contribution in [-0.4, -0.2) is 48.1 Å². The summed E-state index contributed by atoms with van der Waals surface area (Å²) in [6.45, 7) is 6.13. The zero-order valence-corrected chi connectivity index (χ0v) is 13.0. The van der Waals surface area contributed by atoms with Crippen LogP contribution >= 0.6 is 11.8 Å². The van der Waals surface area contributed by atoms with Crippen LogP contribution in [0.4, 0.5) is 0 Å². The van der Waals surface area contributed by atoms with E-state index in [0.717, 1.165) is 17.3 Å². The molecule has 3 unspecified atom stereocenters. The SMILES string of the molecule is CCCC1CN(C2CCCCC2SC)CCCN1. The van der Waals surface area contributed by atoms with Crippen molar-refractivity contribution in [3.63, 3.8) is 0 Å². The average molecular weight is 270 g/mol. The quantitative estimate of drug-likeness (QED) is 0.845. The summed E-state index contributed by atoms with van der Waals surface area (Å²) in [6.07, 6.45) is 12.1. The zero-order valence-electron chi connectivity index (χ0n) is 12.2. The number of hydrogen-bond donors (Lipinski definition) is 1. The first kappa shape index (κ1) is 14.7. The third kappa shape index (κ3) is 3.88. The molecule has 1 saturated carbocycles. The Balaban J connectivity index is 1.95. The molecule has 2 rings (SSSR count). The Morgan fingerprint density at radius 2 is 2.06 bits per heavy atom. The summed E-state index contributed by atoms with van der Waals surface area (Å²) in [5.41, 5.74) is 0. The summed E-state index contributed by atoms with van der Waals surface area (Å²) in [5, 5.41) is 4.62. The van der Waals surface area contributed by atoms with Crippen LogP contribution in [-0.2, 0) is 0 Å². The van der Waals surface area contributed by atoms with Gasteiger partial charge in [-0.25, -0.2) is 0 Å². The highest BCUT2D eigenvalue weighted by molar-refractivity contribution is 7.99. The molecular formula is C15H30N2S. The van der Waals surface area contributed by atoms with Crippen molar-refractivity contribution in [3.8, 4) is 0 Å². The monoisotopic (exact) mass is 270 g/mol. The minimum Gasteiger partial charge on any atom is -0.313 e. The van der Waals surface area contributed by atoms with Gasteiger partial charge in [0.2, 0.25) is 0 Å². The van der Waals surface area contributed by atoms with Gasteiger partial charge in [0.05, 0.1) is 0 Å². The highest BCUT2D eigenvalue weighted by Crippen LogP contribution is 2.31. The maximum absolute atomic E-state index is 3.74. The van der Waals surface area contributed by atoms with Gasteiger partial charge in [-0.3, -0.25) is 4.90 Å². The van der Waals surface area contributed by atoms with Gasteiger partial charge in [-0.15, -0.1) is 0 Å². The first-order valence-corrected chi connectivity index (χ1v) is 9.14. The third-order valence-electron chi connectivity index (χ3n) is 4.59. The molecule has 2 fully saturated rings. The molecule has 0 spiro atoms. The lowest BCUT2D eigenvalue weighted by Gasteiger charge is -2.40. The standard InChI is InChI=1S/C15H30N2S/c1-3-7-13-12-17(11-6-10-16-13)14-8-4-5-9-15(14)18-2/h13-16H,3-12H2,1-2H3. The van der Waals surface area contributed by atoms with Crippen LogP contribution < -0.4 is 5.32 Å². The van der Waals surface area contributed by atoms with Crippen LogP contribution in [0.25, 0.3) is 0 Å². The second-order valence-corrected chi connectivity index (χ2v) is 6.99. The van der Waals surface area contributed by atoms with Gasteiger partial charge in [0, 0.05) is 23.9 Å². The van der Waals surface area contributed by atoms with E-state index in [-0.39, 0.29) is 0 Å². The lowest BCUT2D eigenvalue weighted by Crippen LogP contribution is -2.48. The lowest BCUT2D eigenvalue weighted by molar-refractivity contribution is 0.157. The van der Waals surface area contributed by atoms with Crippen LogP contribution in [0.3, 0.4) is 0 Å². The van der Waals surface area contributed by atoms with Gasteiger partial charge in [0.15, 0.2) is 0 Å². The van der Waals surface area contributed by atoms with E-state index < -0.39 is 0 Å². The summed E-state index contributed by atoms with van der Waals surface area (Å²) in [6, 6.07) is 1.59. The second-order valence-electron chi connectivity index (χ2n) is 5.91. The molecule has 0 aromatic heterocycles. The van der Waals surface area contributed by atoms with Gasteiger partial charge >= 0.3 is 0 Å². The summed E-state index contributed by atoms with van der Waals surface area (Å²) in [5.74, 6) is 0. The maximum atomic E-state index is 3.74. The number of hydrogen-bond acceptors (Lipinski definition) is 3. The second kappa shape index (κ2) is 7.76. The molecule has 3 heteroatoms. The van der Waals surface area contributed by atoms with E-state index >= 15 is 0 Å². The fourth-order valence-corrected chi connectivity index (χ4v) is 4.66. The minimum absolute atomic E-state index is 0.738. The Morgan fingerprint density at radius 3 is 2.83 bits per heavy atom. The molecular weight excluding hydrogens is 240 g/mol. The number of nitrogens with one attached hydrogen (secondary N) is 1. The minimum atomic E-state index is 0.738.